The summed E-state index contributed by atoms with van der Waals surface area (Å²) < 4.78 is 0. The SMILES string of the molecule is CC1C(=O)NC2(CCCC2)C(=O)N1CCCC1CCCC1. The van der Waals surface area contributed by atoms with Crippen LogP contribution in [0.5, 0.6) is 0 Å². The van der Waals surface area contributed by atoms with Gasteiger partial charge in [0.25, 0.3) is 0 Å². The van der Waals surface area contributed by atoms with Crippen LogP contribution in [0.2, 0.25) is 0 Å². The van der Waals surface area contributed by atoms with Crippen LogP contribution in [-0.2, 0) is 9.59 Å². The molecule has 21 heavy (non-hydrogen) atoms. The van der Waals surface area contributed by atoms with E-state index >= 15 is 0 Å². The third-order valence-electron chi connectivity index (χ3n) is 5.82. The first-order valence-electron chi connectivity index (χ1n) is 8.75. The minimum atomic E-state index is -0.559. The summed E-state index contributed by atoms with van der Waals surface area (Å²) in [5, 5.41) is 3.02. The maximum atomic E-state index is 12.8. The molecule has 1 unspecified atom stereocenters. The number of hydrogen-bond donors (Lipinski definition) is 1. The van der Waals surface area contributed by atoms with Crippen LogP contribution >= 0.6 is 0 Å². The van der Waals surface area contributed by atoms with E-state index in [4.69, 9.17) is 0 Å². The number of carbonyl (C=O) groups excluding carboxylic acids is 2. The molecule has 0 radical (unpaired) electrons. The van der Waals surface area contributed by atoms with E-state index in [1.165, 1.54) is 32.1 Å². The molecule has 4 heteroatoms. The van der Waals surface area contributed by atoms with Gasteiger partial charge in [0.1, 0.15) is 11.6 Å². The smallest absolute Gasteiger partial charge is 0.248 e. The van der Waals surface area contributed by atoms with Crippen LogP contribution in [0.4, 0.5) is 0 Å². The minimum Gasteiger partial charge on any atom is -0.340 e. The monoisotopic (exact) mass is 292 g/mol. The number of hydrogen-bond acceptors (Lipinski definition) is 2. The molecule has 0 bridgehead atoms. The van der Waals surface area contributed by atoms with Gasteiger partial charge in [-0.1, -0.05) is 38.5 Å². The third-order valence-corrected chi connectivity index (χ3v) is 5.82. The molecular formula is C17H28N2O2. The van der Waals surface area contributed by atoms with Gasteiger partial charge in [-0.05, 0) is 38.5 Å². The van der Waals surface area contributed by atoms with Crippen molar-refractivity contribution in [2.75, 3.05) is 6.54 Å². The molecule has 1 aliphatic heterocycles. The van der Waals surface area contributed by atoms with Crippen molar-refractivity contribution >= 4 is 11.8 Å². The zero-order valence-electron chi connectivity index (χ0n) is 13.2. The summed E-state index contributed by atoms with van der Waals surface area (Å²) in [4.78, 5) is 26.9. The van der Waals surface area contributed by atoms with Gasteiger partial charge in [0.05, 0.1) is 0 Å². The summed E-state index contributed by atoms with van der Waals surface area (Å²) in [6.45, 7) is 2.62. The molecule has 2 saturated carbocycles. The molecule has 1 heterocycles. The van der Waals surface area contributed by atoms with Crippen LogP contribution < -0.4 is 5.32 Å². The number of piperazine rings is 1. The predicted octanol–water partition coefficient (Wildman–Crippen LogP) is 2.62. The molecule has 0 aromatic carbocycles. The van der Waals surface area contributed by atoms with Crippen LogP contribution in [0, 0.1) is 5.92 Å². The number of amides is 2. The van der Waals surface area contributed by atoms with E-state index in [2.05, 4.69) is 5.32 Å². The van der Waals surface area contributed by atoms with Crippen molar-refractivity contribution < 1.29 is 9.59 Å². The fourth-order valence-electron chi connectivity index (χ4n) is 4.45. The van der Waals surface area contributed by atoms with Gasteiger partial charge < -0.3 is 10.2 Å². The van der Waals surface area contributed by atoms with Crippen LogP contribution in [-0.4, -0.2) is 34.8 Å². The average molecular weight is 292 g/mol. The van der Waals surface area contributed by atoms with Gasteiger partial charge in [0.15, 0.2) is 0 Å². The maximum Gasteiger partial charge on any atom is 0.248 e. The standard InChI is InChI=1S/C17H28N2O2/c1-13-15(20)18-17(10-4-5-11-17)16(21)19(13)12-6-9-14-7-2-3-8-14/h13-14H,2-12H2,1H3,(H,18,20). The molecule has 4 nitrogen and oxygen atoms in total. The van der Waals surface area contributed by atoms with Gasteiger partial charge in [-0.25, -0.2) is 0 Å². The van der Waals surface area contributed by atoms with Crippen LogP contribution in [0.15, 0.2) is 0 Å². The molecule has 118 valence electrons. The Morgan fingerprint density at radius 3 is 2.48 bits per heavy atom. The van der Waals surface area contributed by atoms with Crippen molar-refractivity contribution in [1.82, 2.24) is 10.2 Å². The Bertz CT molecular complexity index is 409. The van der Waals surface area contributed by atoms with Crippen LogP contribution in [0.3, 0.4) is 0 Å². The molecular weight excluding hydrogens is 264 g/mol. The maximum absolute atomic E-state index is 12.8. The molecule has 3 fully saturated rings. The Hall–Kier alpha value is -1.06. The van der Waals surface area contributed by atoms with Gasteiger partial charge in [-0.2, -0.15) is 0 Å². The van der Waals surface area contributed by atoms with E-state index in [-0.39, 0.29) is 17.9 Å². The molecule has 1 spiro atoms. The lowest BCUT2D eigenvalue weighted by molar-refractivity contribution is -0.154. The predicted molar refractivity (Wildman–Crippen MR) is 81.7 cm³/mol. The van der Waals surface area contributed by atoms with Gasteiger partial charge in [-0.15, -0.1) is 0 Å². The number of nitrogens with zero attached hydrogens (tertiary/aromatic N) is 1. The first-order valence-corrected chi connectivity index (χ1v) is 8.75. The van der Waals surface area contributed by atoms with E-state index in [0.29, 0.717) is 0 Å². The lowest BCUT2D eigenvalue weighted by Crippen LogP contribution is -2.68. The minimum absolute atomic E-state index is 0.0392. The fourth-order valence-corrected chi connectivity index (χ4v) is 4.45. The van der Waals surface area contributed by atoms with Crippen LogP contribution in [0.1, 0.15) is 71.1 Å². The Kier molecular flexibility index (Phi) is 4.23. The van der Waals surface area contributed by atoms with E-state index in [1.54, 1.807) is 0 Å². The lowest BCUT2D eigenvalue weighted by atomic mass is 9.90. The van der Waals surface area contributed by atoms with Gasteiger partial charge in [0.2, 0.25) is 11.8 Å². The molecule has 1 atom stereocenters. The van der Waals surface area contributed by atoms with Crippen LogP contribution in [0.25, 0.3) is 0 Å². The summed E-state index contributed by atoms with van der Waals surface area (Å²) >= 11 is 0. The summed E-state index contributed by atoms with van der Waals surface area (Å²) in [6, 6.07) is -0.299. The van der Waals surface area contributed by atoms with E-state index in [0.717, 1.165) is 44.6 Å². The van der Waals surface area contributed by atoms with Crippen molar-refractivity contribution in [1.29, 1.82) is 0 Å². The number of carbonyl (C=O) groups is 2. The molecule has 0 aromatic rings. The third kappa shape index (κ3) is 2.82. The normalized spacial score (nSPS) is 29.4. The van der Waals surface area contributed by atoms with Gasteiger partial charge >= 0.3 is 0 Å². The summed E-state index contributed by atoms with van der Waals surface area (Å²) in [6.07, 6.45) is 11.5. The summed E-state index contributed by atoms with van der Waals surface area (Å²) in [7, 11) is 0. The highest BCUT2D eigenvalue weighted by molar-refractivity contribution is 5.99. The highest BCUT2D eigenvalue weighted by atomic mass is 16.2. The lowest BCUT2D eigenvalue weighted by Gasteiger charge is -2.43. The quantitative estimate of drug-likeness (QED) is 0.866. The molecule has 0 aromatic heterocycles. The van der Waals surface area contributed by atoms with E-state index in [1.807, 2.05) is 11.8 Å². The zero-order valence-corrected chi connectivity index (χ0v) is 13.2. The van der Waals surface area contributed by atoms with Crippen molar-refractivity contribution in [3.8, 4) is 0 Å². The van der Waals surface area contributed by atoms with Gasteiger partial charge in [0, 0.05) is 6.54 Å². The topological polar surface area (TPSA) is 49.4 Å². The van der Waals surface area contributed by atoms with Crippen molar-refractivity contribution in [3.05, 3.63) is 0 Å². The zero-order chi connectivity index (χ0) is 14.9. The largest absolute Gasteiger partial charge is 0.340 e. The highest BCUT2D eigenvalue weighted by Crippen LogP contribution is 2.35. The molecule has 3 aliphatic rings. The second-order valence-corrected chi connectivity index (χ2v) is 7.25. The molecule has 1 N–H and O–H groups in total. The summed E-state index contributed by atoms with van der Waals surface area (Å²) in [5.41, 5.74) is -0.559. The molecule has 2 amide bonds. The Morgan fingerprint density at radius 2 is 1.81 bits per heavy atom. The van der Waals surface area contributed by atoms with E-state index < -0.39 is 5.54 Å². The van der Waals surface area contributed by atoms with Gasteiger partial charge in [-0.3, -0.25) is 9.59 Å². The molecule has 2 aliphatic carbocycles. The van der Waals surface area contributed by atoms with E-state index in [9.17, 15) is 9.59 Å². The Labute approximate surface area is 127 Å². The molecule has 3 rings (SSSR count). The average Bonchev–Trinajstić information content (AvgIpc) is 3.13. The second kappa shape index (κ2) is 5.98. The summed E-state index contributed by atoms with van der Waals surface area (Å²) in [5.74, 6) is 1.07. The number of rotatable bonds is 4. The molecule has 1 saturated heterocycles. The van der Waals surface area contributed by atoms with Crippen molar-refractivity contribution in [2.24, 2.45) is 5.92 Å². The second-order valence-electron chi connectivity index (χ2n) is 7.25. The van der Waals surface area contributed by atoms with Crippen molar-refractivity contribution in [3.63, 3.8) is 0 Å². The fraction of sp³-hybridized carbons (Fsp3) is 0.882. The number of nitrogens with one attached hydrogen (secondary N) is 1. The Balaban J connectivity index is 1.61. The highest BCUT2D eigenvalue weighted by Gasteiger charge is 2.50. The first kappa shape index (κ1) is 14.9. The Morgan fingerprint density at radius 1 is 1.14 bits per heavy atom. The first-order chi connectivity index (χ1) is 10.1. The van der Waals surface area contributed by atoms with Crippen molar-refractivity contribution in [2.45, 2.75) is 82.7 Å².